The predicted molar refractivity (Wildman–Crippen MR) is 64.8 cm³/mol. The highest BCUT2D eigenvalue weighted by molar-refractivity contribution is 7.99. The Morgan fingerprint density at radius 3 is 2.40 bits per heavy atom. The molecule has 4 heteroatoms. The van der Waals surface area contributed by atoms with Crippen LogP contribution in [0.15, 0.2) is 52.5 Å². The molecule has 0 fully saturated rings. The van der Waals surface area contributed by atoms with E-state index in [1.807, 2.05) is 36.4 Å². The number of hydrogen-bond donors (Lipinski definition) is 0. The van der Waals surface area contributed by atoms with E-state index in [1.54, 1.807) is 6.20 Å². The lowest BCUT2D eigenvalue weighted by molar-refractivity contribution is 1.13. The van der Waals surface area contributed by atoms with Crippen molar-refractivity contribution in [3.63, 3.8) is 0 Å². The third-order valence-electron chi connectivity index (χ3n) is 1.75. The van der Waals surface area contributed by atoms with Crippen LogP contribution in [0.3, 0.4) is 0 Å². The zero-order valence-electron chi connectivity index (χ0n) is 7.65. The Balaban J connectivity index is 2.22. The fourth-order valence-electron chi connectivity index (χ4n) is 1.06. The van der Waals surface area contributed by atoms with E-state index in [0.29, 0.717) is 5.02 Å². The van der Waals surface area contributed by atoms with Crippen LogP contribution < -0.4 is 0 Å². The zero-order chi connectivity index (χ0) is 10.7. The number of pyridine rings is 1. The van der Waals surface area contributed by atoms with Crippen molar-refractivity contribution in [2.75, 3.05) is 0 Å². The molecular weight excluding hydrogens is 249 g/mol. The van der Waals surface area contributed by atoms with Gasteiger partial charge < -0.3 is 0 Å². The van der Waals surface area contributed by atoms with Crippen molar-refractivity contribution in [3.8, 4) is 0 Å². The molecule has 0 aliphatic carbocycles. The molecule has 0 amide bonds. The molecule has 1 heterocycles. The fraction of sp³-hybridized carbons (Fsp3) is 0. The lowest BCUT2D eigenvalue weighted by Crippen LogP contribution is -1.80. The SMILES string of the molecule is Clc1ccc(Sc2ncccc2Cl)cc1. The Hall–Kier alpha value is -0.700. The van der Waals surface area contributed by atoms with Gasteiger partial charge in [0, 0.05) is 16.1 Å². The van der Waals surface area contributed by atoms with Crippen molar-refractivity contribution < 1.29 is 0 Å². The van der Waals surface area contributed by atoms with Gasteiger partial charge in [-0.05, 0) is 36.4 Å². The topological polar surface area (TPSA) is 12.9 Å². The molecule has 2 rings (SSSR count). The van der Waals surface area contributed by atoms with E-state index in [9.17, 15) is 0 Å². The molecule has 1 aromatic heterocycles. The molecule has 0 saturated heterocycles. The molecule has 0 bridgehead atoms. The minimum Gasteiger partial charge on any atom is -0.248 e. The Labute approximate surface area is 102 Å². The average molecular weight is 256 g/mol. The van der Waals surface area contributed by atoms with Crippen LogP contribution >= 0.6 is 35.0 Å². The second-order valence-corrected chi connectivity index (χ2v) is 4.75. The summed E-state index contributed by atoms with van der Waals surface area (Å²) in [6.07, 6.45) is 1.73. The molecule has 0 aliphatic heterocycles. The van der Waals surface area contributed by atoms with E-state index in [0.717, 1.165) is 14.9 Å². The maximum atomic E-state index is 6.00. The highest BCUT2D eigenvalue weighted by Gasteiger charge is 2.02. The van der Waals surface area contributed by atoms with Gasteiger partial charge in [0.25, 0.3) is 0 Å². The summed E-state index contributed by atoms with van der Waals surface area (Å²) >= 11 is 13.3. The zero-order valence-corrected chi connectivity index (χ0v) is 9.98. The Kier molecular flexibility index (Phi) is 3.52. The van der Waals surface area contributed by atoms with Crippen molar-refractivity contribution in [2.24, 2.45) is 0 Å². The fourth-order valence-corrected chi connectivity index (χ4v) is 2.20. The first-order chi connectivity index (χ1) is 7.25. The molecule has 15 heavy (non-hydrogen) atoms. The summed E-state index contributed by atoms with van der Waals surface area (Å²) in [5.74, 6) is 0. The van der Waals surface area contributed by atoms with Crippen molar-refractivity contribution in [3.05, 3.63) is 52.6 Å². The summed E-state index contributed by atoms with van der Waals surface area (Å²) < 4.78 is 0. The van der Waals surface area contributed by atoms with Gasteiger partial charge in [0.1, 0.15) is 5.03 Å². The molecular formula is C11H7Cl2NS. The number of halogens is 2. The molecule has 76 valence electrons. The largest absolute Gasteiger partial charge is 0.248 e. The van der Waals surface area contributed by atoms with Crippen LogP contribution in [0.2, 0.25) is 10.0 Å². The number of hydrogen-bond acceptors (Lipinski definition) is 2. The maximum absolute atomic E-state index is 6.00. The molecule has 0 unspecified atom stereocenters. The number of aromatic nitrogens is 1. The van der Waals surface area contributed by atoms with Gasteiger partial charge >= 0.3 is 0 Å². The van der Waals surface area contributed by atoms with Crippen LogP contribution in [-0.2, 0) is 0 Å². The van der Waals surface area contributed by atoms with Gasteiger partial charge in [-0.1, -0.05) is 35.0 Å². The summed E-state index contributed by atoms with van der Waals surface area (Å²) in [7, 11) is 0. The van der Waals surface area contributed by atoms with Gasteiger partial charge in [0.15, 0.2) is 0 Å². The maximum Gasteiger partial charge on any atom is 0.119 e. The van der Waals surface area contributed by atoms with Crippen LogP contribution in [0.5, 0.6) is 0 Å². The molecule has 1 aromatic carbocycles. The monoisotopic (exact) mass is 255 g/mol. The van der Waals surface area contributed by atoms with Crippen LogP contribution in [0, 0.1) is 0 Å². The first kappa shape index (κ1) is 10.8. The van der Waals surface area contributed by atoms with Gasteiger partial charge in [-0.3, -0.25) is 0 Å². The summed E-state index contributed by atoms with van der Waals surface area (Å²) in [6.45, 7) is 0. The normalized spacial score (nSPS) is 10.3. The van der Waals surface area contributed by atoms with Gasteiger partial charge in [0.05, 0.1) is 5.02 Å². The van der Waals surface area contributed by atoms with Crippen molar-refractivity contribution in [1.82, 2.24) is 4.98 Å². The number of rotatable bonds is 2. The molecule has 0 N–H and O–H groups in total. The lowest BCUT2D eigenvalue weighted by Gasteiger charge is -2.02. The smallest absolute Gasteiger partial charge is 0.119 e. The molecule has 0 spiro atoms. The second-order valence-electron chi connectivity index (χ2n) is 2.85. The summed E-state index contributed by atoms with van der Waals surface area (Å²) in [5, 5.41) is 2.20. The Morgan fingerprint density at radius 2 is 1.73 bits per heavy atom. The van der Waals surface area contributed by atoms with Crippen LogP contribution in [0.4, 0.5) is 0 Å². The van der Waals surface area contributed by atoms with E-state index in [-0.39, 0.29) is 0 Å². The van der Waals surface area contributed by atoms with Gasteiger partial charge in [0.2, 0.25) is 0 Å². The summed E-state index contributed by atoms with van der Waals surface area (Å²) in [5.41, 5.74) is 0. The van der Waals surface area contributed by atoms with E-state index in [2.05, 4.69) is 4.98 Å². The minimum atomic E-state index is 0.664. The first-order valence-electron chi connectivity index (χ1n) is 4.29. The predicted octanol–water partition coefficient (Wildman–Crippen LogP) is 4.54. The third kappa shape index (κ3) is 2.88. The van der Waals surface area contributed by atoms with E-state index < -0.39 is 0 Å². The Bertz CT molecular complexity index is 456. The Morgan fingerprint density at radius 1 is 1.00 bits per heavy atom. The van der Waals surface area contributed by atoms with Crippen molar-refractivity contribution in [1.29, 1.82) is 0 Å². The first-order valence-corrected chi connectivity index (χ1v) is 5.87. The summed E-state index contributed by atoms with van der Waals surface area (Å²) in [6, 6.07) is 11.2. The van der Waals surface area contributed by atoms with E-state index in [4.69, 9.17) is 23.2 Å². The van der Waals surface area contributed by atoms with Crippen LogP contribution in [-0.4, -0.2) is 4.98 Å². The highest BCUT2D eigenvalue weighted by atomic mass is 35.5. The molecule has 2 aromatic rings. The second kappa shape index (κ2) is 4.88. The molecule has 0 atom stereocenters. The van der Waals surface area contributed by atoms with Crippen molar-refractivity contribution in [2.45, 2.75) is 9.92 Å². The molecule has 0 saturated carbocycles. The number of nitrogens with zero attached hydrogens (tertiary/aromatic N) is 1. The molecule has 1 nitrogen and oxygen atoms in total. The van der Waals surface area contributed by atoms with Crippen molar-refractivity contribution >= 4 is 35.0 Å². The van der Waals surface area contributed by atoms with Crippen LogP contribution in [0.1, 0.15) is 0 Å². The molecule has 0 radical (unpaired) electrons. The summed E-state index contributed by atoms with van der Waals surface area (Å²) in [4.78, 5) is 5.26. The third-order valence-corrected chi connectivity index (χ3v) is 3.45. The van der Waals surface area contributed by atoms with E-state index >= 15 is 0 Å². The average Bonchev–Trinajstić information content (AvgIpc) is 2.25. The van der Waals surface area contributed by atoms with E-state index in [1.165, 1.54) is 11.8 Å². The number of benzene rings is 1. The van der Waals surface area contributed by atoms with Gasteiger partial charge in [-0.15, -0.1) is 0 Å². The van der Waals surface area contributed by atoms with Crippen LogP contribution in [0.25, 0.3) is 0 Å². The lowest BCUT2D eigenvalue weighted by atomic mass is 10.4. The standard InChI is InChI=1S/C11H7Cl2NS/c12-8-3-5-9(6-4-8)15-11-10(13)2-1-7-14-11/h1-7H. The molecule has 0 aliphatic rings. The minimum absolute atomic E-state index is 0.664. The van der Waals surface area contributed by atoms with Gasteiger partial charge in [-0.25, -0.2) is 4.98 Å². The highest BCUT2D eigenvalue weighted by Crippen LogP contribution is 2.31. The van der Waals surface area contributed by atoms with Gasteiger partial charge in [-0.2, -0.15) is 0 Å². The quantitative estimate of drug-likeness (QED) is 0.782.